The van der Waals surface area contributed by atoms with Gasteiger partial charge in [-0.1, -0.05) is 18.2 Å². The number of methoxy groups -OCH3 is 2. The average Bonchev–Trinajstić information content (AvgIpc) is 3.55. The van der Waals surface area contributed by atoms with Gasteiger partial charge in [0.15, 0.2) is 17.1 Å². The normalized spacial score (nSPS) is 10.9. The van der Waals surface area contributed by atoms with E-state index in [1.807, 2.05) is 66.3 Å². The molecule has 3 heterocycles. The Morgan fingerprint density at radius 3 is 2.45 bits per heavy atom. The highest BCUT2D eigenvalue weighted by Crippen LogP contribution is 2.31. The van der Waals surface area contributed by atoms with E-state index in [-0.39, 0.29) is 6.61 Å². The summed E-state index contributed by atoms with van der Waals surface area (Å²) in [6.07, 6.45) is 4.85. The summed E-state index contributed by atoms with van der Waals surface area (Å²) in [5, 5.41) is 6.98. The Morgan fingerprint density at radius 1 is 0.950 bits per heavy atom. The van der Waals surface area contributed by atoms with Crippen LogP contribution in [0.15, 0.2) is 67.1 Å². The second-order valence-electron chi connectivity index (χ2n) is 8.96. The van der Waals surface area contributed by atoms with Crippen LogP contribution in [0.2, 0.25) is 0 Å². The lowest BCUT2D eigenvalue weighted by Gasteiger charge is -2.14. The van der Waals surface area contributed by atoms with Crippen molar-refractivity contribution in [1.82, 2.24) is 24.3 Å². The maximum absolute atomic E-state index is 12.3. The number of aromatic nitrogens is 5. The molecule has 0 aliphatic rings. The van der Waals surface area contributed by atoms with Gasteiger partial charge in [0.05, 0.1) is 33.6 Å². The van der Waals surface area contributed by atoms with Crippen molar-refractivity contribution in [1.29, 1.82) is 0 Å². The van der Waals surface area contributed by atoms with Gasteiger partial charge < -0.3 is 18.9 Å². The largest absolute Gasteiger partial charge is 0.497 e. The monoisotopic (exact) mass is 542 g/mol. The first-order valence-electron chi connectivity index (χ1n) is 12.7. The first-order chi connectivity index (χ1) is 19.5. The molecule has 206 valence electrons. The maximum Gasteiger partial charge on any atom is 0.413 e. The van der Waals surface area contributed by atoms with Gasteiger partial charge in [0.1, 0.15) is 17.9 Å². The fourth-order valence-corrected chi connectivity index (χ4v) is 4.24. The van der Waals surface area contributed by atoms with Crippen LogP contribution in [0.3, 0.4) is 0 Å². The molecule has 0 saturated heterocycles. The van der Waals surface area contributed by atoms with Crippen molar-refractivity contribution in [3.8, 4) is 28.4 Å². The number of nitrogens with zero attached hydrogens (tertiary/aromatic N) is 5. The molecule has 3 aromatic heterocycles. The quantitative estimate of drug-likeness (QED) is 0.261. The van der Waals surface area contributed by atoms with E-state index in [1.165, 1.54) is 0 Å². The fraction of sp³-hybridized carbons (Fsp3) is 0.241. The summed E-state index contributed by atoms with van der Waals surface area (Å²) < 4.78 is 25.5. The molecule has 1 N–H and O–H groups in total. The second kappa shape index (κ2) is 11.8. The van der Waals surface area contributed by atoms with Crippen LogP contribution >= 0.6 is 0 Å². The third kappa shape index (κ3) is 5.83. The minimum absolute atomic E-state index is 0.241. The van der Waals surface area contributed by atoms with Crippen molar-refractivity contribution in [2.45, 2.75) is 20.1 Å². The summed E-state index contributed by atoms with van der Waals surface area (Å²) in [5.74, 6) is 2.31. The van der Waals surface area contributed by atoms with Crippen LogP contribution in [0.4, 0.5) is 10.7 Å². The second-order valence-corrected chi connectivity index (χ2v) is 8.96. The van der Waals surface area contributed by atoms with Crippen LogP contribution in [0, 0.1) is 0 Å². The van der Waals surface area contributed by atoms with Crippen LogP contribution in [0.1, 0.15) is 18.1 Å². The number of pyridine rings is 1. The zero-order valence-electron chi connectivity index (χ0n) is 22.7. The Hall–Kier alpha value is -5.06. The first-order valence-corrected chi connectivity index (χ1v) is 12.7. The van der Waals surface area contributed by atoms with E-state index in [1.54, 1.807) is 38.2 Å². The number of ether oxygens (including phenoxy) is 4. The molecule has 5 rings (SSSR count). The lowest BCUT2D eigenvalue weighted by Crippen LogP contribution is -2.17. The Labute approximate surface area is 231 Å². The SMILES string of the molecule is CCOC(=O)Nc1nc2cc(-c3cnn(C)c3)cnc2n1Cc1ccc(OCc2ccc(OC)cc2)c(OC)c1. The number of carbonyl (C=O) groups excluding carboxylic acids is 1. The summed E-state index contributed by atoms with van der Waals surface area (Å²) in [4.78, 5) is 21.6. The number of carbonyl (C=O) groups is 1. The molecular weight excluding hydrogens is 512 g/mol. The summed E-state index contributed by atoms with van der Waals surface area (Å²) >= 11 is 0. The summed E-state index contributed by atoms with van der Waals surface area (Å²) in [7, 11) is 5.09. The Balaban J connectivity index is 1.42. The smallest absolute Gasteiger partial charge is 0.413 e. The van der Waals surface area contributed by atoms with Gasteiger partial charge in [-0.2, -0.15) is 5.10 Å². The number of nitrogens with one attached hydrogen (secondary N) is 1. The van der Waals surface area contributed by atoms with Crippen molar-refractivity contribution in [2.75, 3.05) is 26.1 Å². The van der Waals surface area contributed by atoms with Gasteiger partial charge in [0.2, 0.25) is 5.95 Å². The summed E-state index contributed by atoms with van der Waals surface area (Å²) in [6, 6.07) is 15.3. The van der Waals surface area contributed by atoms with E-state index in [0.29, 0.717) is 41.8 Å². The van der Waals surface area contributed by atoms with Crippen molar-refractivity contribution in [3.05, 3.63) is 78.2 Å². The molecule has 0 fully saturated rings. The lowest BCUT2D eigenvalue weighted by atomic mass is 10.1. The van der Waals surface area contributed by atoms with Crippen LogP contribution < -0.4 is 19.5 Å². The first kappa shape index (κ1) is 26.5. The Bertz CT molecular complexity index is 1630. The van der Waals surface area contributed by atoms with E-state index in [0.717, 1.165) is 28.0 Å². The molecule has 0 unspecified atom stereocenters. The van der Waals surface area contributed by atoms with Gasteiger partial charge in [0.25, 0.3) is 0 Å². The van der Waals surface area contributed by atoms with Crippen molar-refractivity contribution >= 4 is 23.2 Å². The molecular formula is C29H30N6O5. The number of amides is 1. The zero-order valence-corrected chi connectivity index (χ0v) is 22.7. The van der Waals surface area contributed by atoms with Gasteiger partial charge in [-0.3, -0.25) is 14.6 Å². The van der Waals surface area contributed by atoms with Gasteiger partial charge in [0, 0.05) is 30.6 Å². The van der Waals surface area contributed by atoms with Gasteiger partial charge in [-0.25, -0.2) is 14.8 Å². The van der Waals surface area contributed by atoms with Crippen LogP contribution in [0.25, 0.3) is 22.3 Å². The molecule has 0 saturated carbocycles. The van der Waals surface area contributed by atoms with E-state index in [9.17, 15) is 4.79 Å². The number of rotatable bonds is 10. The predicted molar refractivity (Wildman–Crippen MR) is 150 cm³/mol. The van der Waals surface area contributed by atoms with E-state index < -0.39 is 6.09 Å². The number of anilines is 1. The topological polar surface area (TPSA) is 115 Å². The molecule has 5 aromatic rings. The summed E-state index contributed by atoms with van der Waals surface area (Å²) in [5.41, 5.74) is 4.92. The molecule has 0 aliphatic carbocycles. The molecule has 0 spiro atoms. The van der Waals surface area contributed by atoms with E-state index in [4.69, 9.17) is 18.9 Å². The highest BCUT2D eigenvalue weighted by Gasteiger charge is 2.18. The molecule has 11 nitrogen and oxygen atoms in total. The van der Waals surface area contributed by atoms with E-state index in [2.05, 4.69) is 20.4 Å². The minimum atomic E-state index is -0.591. The van der Waals surface area contributed by atoms with Crippen molar-refractivity contribution in [3.63, 3.8) is 0 Å². The van der Waals surface area contributed by atoms with Crippen LogP contribution in [-0.4, -0.2) is 51.2 Å². The molecule has 0 radical (unpaired) electrons. The molecule has 1 amide bonds. The Kier molecular flexibility index (Phi) is 7.81. The summed E-state index contributed by atoms with van der Waals surface area (Å²) in [6.45, 7) is 2.73. The highest BCUT2D eigenvalue weighted by molar-refractivity contribution is 5.87. The molecule has 0 aliphatic heterocycles. The van der Waals surface area contributed by atoms with Gasteiger partial charge >= 0.3 is 6.09 Å². The standard InChI is InChI=1S/C29H30N6O5/c1-5-39-29(36)33-28-32-24-13-21(22-15-31-34(2)17-22)14-30-27(24)35(28)16-20-8-11-25(26(12-20)38-4)40-18-19-6-9-23(37-3)10-7-19/h6-15,17H,5,16,18H2,1-4H3,(H,32,33,36). The number of hydrogen-bond donors (Lipinski definition) is 1. The molecule has 0 atom stereocenters. The third-order valence-corrected chi connectivity index (χ3v) is 6.23. The number of fused-ring (bicyclic) bond motifs is 1. The maximum atomic E-state index is 12.3. The van der Waals surface area contributed by atoms with Crippen LogP contribution in [-0.2, 0) is 24.9 Å². The third-order valence-electron chi connectivity index (χ3n) is 6.23. The molecule has 40 heavy (non-hydrogen) atoms. The fourth-order valence-electron chi connectivity index (χ4n) is 4.24. The average molecular weight is 543 g/mol. The number of aryl methyl sites for hydroxylation is 1. The number of benzene rings is 2. The Morgan fingerprint density at radius 2 is 1.75 bits per heavy atom. The van der Waals surface area contributed by atoms with E-state index >= 15 is 0 Å². The zero-order chi connectivity index (χ0) is 28.1. The number of imidazole rings is 1. The van der Waals surface area contributed by atoms with Gasteiger partial charge in [-0.15, -0.1) is 0 Å². The van der Waals surface area contributed by atoms with Crippen molar-refractivity contribution < 1.29 is 23.7 Å². The molecule has 11 heteroatoms. The lowest BCUT2D eigenvalue weighted by molar-refractivity contribution is 0.167. The highest BCUT2D eigenvalue weighted by atomic mass is 16.5. The molecule has 0 bridgehead atoms. The predicted octanol–water partition coefficient (Wildman–Crippen LogP) is 5.04. The van der Waals surface area contributed by atoms with Crippen molar-refractivity contribution in [2.24, 2.45) is 7.05 Å². The van der Waals surface area contributed by atoms with Crippen LogP contribution in [0.5, 0.6) is 17.2 Å². The number of hydrogen-bond acceptors (Lipinski definition) is 8. The molecule has 2 aromatic carbocycles. The minimum Gasteiger partial charge on any atom is -0.497 e. The van der Waals surface area contributed by atoms with Gasteiger partial charge in [-0.05, 0) is 48.4 Å².